The summed E-state index contributed by atoms with van der Waals surface area (Å²) in [5, 5.41) is 20.2. The van der Waals surface area contributed by atoms with E-state index in [9.17, 15) is 10.2 Å². The van der Waals surface area contributed by atoms with Gasteiger partial charge in [-0.15, -0.1) is 0 Å². The number of hydrogen-bond acceptors (Lipinski definition) is 3. The van der Waals surface area contributed by atoms with Gasteiger partial charge in [-0.2, -0.15) is 0 Å². The molecule has 0 saturated carbocycles. The molecular weight excluding hydrogens is 166 g/mol. The second-order valence-corrected chi connectivity index (χ2v) is 2.97. The molecule has 0 radical (unpaired) electrons. The number of aryl methyl sites for hydroxylation is 1. The lowest BCUT2D eigenvalue weighted by molar-refractivity contribution is 0.393. The highest BCUT2D eigenvalue weighted by Crippen LogP contribution is 2.32. The number of rotatable bonds is 0. The minimum absolute atomic E-state index is 0.143. The van der Waals surface area contributed by atoms with Crippen molar-refractivity contribution in [3.63, 3.8) is 0 Å². The van der Waals surface area contributed by atoms with Crippen molar-refractivity contribution in [1.29, 1.82) is 0 Å². The van der Waals surface area contributed by atoms with Crippen molar-refractivity contribution in [1.82, 2.24) is 4.98 Å². The molecule has 0 atom stereocenters. The van der Waals surface area contributed by atoms with Gasteiger partial charge in [-0.25, -0.2) is 4.98 Å². The lowest BCUT2D eigenvalue weighted by Gasteiger charge is -2.04. The van der Waals surface area contributed by atoms with Gasteiger partial charge in [0.15, 0.2) is 5.75 Å². The maximum absolute atomic E-state index is 9.53. The Labute approximate surface area is 75.3 Å². The highest BCUT2D eigenvalue weighted by atomic mass is 16.3. The van der Waals surface area contributed by atoms with Crippen LogP contribution in [0, 0.1) is 6.92 Å². The van der Waals surface area contributed by atoms with E-state index in [4.69, 9.17) is 0 Å². The predicted molar refractivity (Wildman–Crippen MR) is 49.8 cm³/mol. The van der Waals surface area contributed by atoms with Crippen molar-refractivity contribution >= 4 is 10.8 Å². The van der Waals surface area contributed by atoms with E-state index in [1.54, 1.807) is 0 Å². The Balaban J connectivity index is 2.97. The third kappa shape index (κ3) is 1.09. The van der Waals surface area contributed by atoms with Crippen LogP contribution in [0.3, 0.4) is 0 Å². The van der Waals surface area contributed by atoms with Gasteiger partial charge in [-0.05, 0) is 12.5 Å². The van der Waals surface area contributed by atoms with E-state index in [1.165, 1.54) is 6.20 Å². The van der Waals surface area contributed by atoms with E-state index in [0.29, 0.717) is 5.39 Å². The summed E-state index contributed by atoms with van der Waals surface area (Å²) in [5.41, 5.74) is 0.924. The fraction of sp³-hybridized carbons (Fsp3) is 0.100. The molecule has 0 amide bonds. The first kappa shape index (κ1) is 7.86. The Bertz CT molecular complexity index is 466. The summed E-state index contributed by atoms with van der Waals surface area (Å²) in [6.45, 7) is 1.88. The third-order valence-electron chi connectivity index (χ3n) is 2.08. The number of benzene rings is 1. The summed E-state index contributed by atoms with van der Waals surface area (Å²) in [6.07, 6.45) is 1.54. The van der Waals surface area contributed by atoms with Crippen LogP contribution in [0.25, 0.3) is 10.8 Å². The Morgan fingerprint density at radius 3 is 2.77 bits per heavy atom. The number of pyridine rings is 1. The highest BCUT2D eigenvalue weighted by Gasteiger charge is 2.07. The molecule has 1 aromatic heterocycles. The molecule has 0 unspecified atom stereocenters. The van der Waals surface area contributed by atoms with Crippen LogP contribution >= 0.6 is 0 Å². The first-order valence-corrected chi connectivity index (χ1v) is 3.96. The second-order valence-electron chi connectivity index (χ2n) is 2.97. The molecule has 0 spiro atoms. The number of aromatic hydroxyl groups is 2. The predicted octanol–water partition coefficient (Wildman–Crippen LogP) is 1.95. The fourth-order valence-corrected chi connectivity index (χ4v) is 1.43. The van der Waals surface area contributed by atoms with E-state index < -0.39 is 0 Å². The van der Waals surface area contributed by atoms with Crippen molar-refractivity contribution in [3.05, 3.63) is 30.0 Å². The molecule has 3 heteroatoms. The Morgan fingerprint density at radius 2 is 2.00 bits per heavy atom. The largest absolute Gasteiger partial charge is 0.503 e. The van der Waals surface area contributed by atoms with Gasteiger partial charge in [0.05, 0.1) is 0 Å². The van der Waals surface area contributed by atoms with E-state index in [0.717, 1.165) is 10.9 Å². The second kappa shape index (κ2) is 2.62. The molecule has 13 heavy (non-hydrogen) atoms. The lowest BCUT2D eigenvalue weighted by Crippen LogP contribution is -1.82. The first-order valence-electron chi connectivity index (χ1n) is 3.96. The maximum Gasteiger partial charge on any atom is 0.254 e. The quantitative estimate of drug-likeness (QED) is 0.643. The minimum atomic E-state index is -0.318. The van der Waals surface area contributed by atoms with Gasteiger partial charge in [0.1, 0.15) is 0 Å². The van der Waals surface area contributed by atoms with Crippen molar-refractivity contribution in [2.75, 3.05) is 0 Å². The van der Waals surface area contributed by atoms with Crippen molar-refractivity contribution in [3.8, 4) is 11.6 Å². The molecule has 0 fully saturated rings. The molecule has 3 nitrogen and oxygen atoms in total. The zero-order valence-electron chi connectivity index (χ0n) is 7.15. The summed E-state index contributed by atoms with van der Waals surface area (Å²) in [5.74, 6) is -0.461. The number of fused-ring (bicyclic) bond motifs is 1. The van der Waals surface area contributed by atoms with Crippen LogP contribution in [0.1, 0.15) is 5.56 Å². The molecule has 0 aliphatic heterocycles. The first-order chi connectivity index (χ1) is 6.20. The van der Waals surface area contributed by atoms with Crippen LogP contribution in [-0.4, -0.2) is 15.2 Å². The van der Waals surface area contributed by atoms with Crippen molar-refractivity contribution in [2.24, 2.45) is 0 Å². The molecule has 2 aromatic rings. The standard InChI is InChI=1S/C10H9NO2/c1-6-3-2-4-7-5-11-10(13)9(12)8(6)7/h2-5,12H,1H3,(H,11,13). The average molecular weight is 175 g/mol. The van der Waals surface area contributed by atoms with Gasteiger partial charge in [0, 0.05) is 17.0 Å². The molecule has 0 bridgehead atoms. The maximum atomic E-state index is 9.53. The molecule has 0 aliphatic rings. The summed E-state index contributed by atoms with van der Waals surface area (Å²) >= 11 is 0. The van der Waals surface area contributed by atoms with Crippen LogP contribution in [0.15, 0.2) is 24.4 Å². The zero-order valence-corrected chi connectivity index (χ0v) is 7.15. The van der Waals surface area contributed by atoms with E-state index in [2.05, 4.69) is 4.98 Å². The van der Waals surface area contributed by atoms with Gasteiger partial charge < -0.3 is 10.2 Å². The number of hydrogen-bond donors (Lipinski definition) is 2. The molecule has 0 aliphatic carbocycles. The Morgan fingerprint density at radius 1 is 1.23 bits per heavy atom. The van der Waals surface area contributed by atoms with E-state index in [-0.39, 0.29) is 11.6 Å². The SMILES string of the molecule is Cc1cccc2cnc(O)c(O)c12. The average Bonchev–Trinajstić information content (AvgIpc) is 2.12. The summed E-state index contributed by atoms with van der Waals surface area (Å²) in [6, 6.07) is 5.60. The lowest BCUT2D eigenvalue weighted by atomic mass is 10.1. The minimum Gasteiger partial charge on any atom is -0.503 e. The molecule has 66 valence electrons. The molecule has 2 N–H and O–H groups in total. The van der Waals surface area contributed by atoms with Gasteiger partial charge in [-0.1, -0.05) is 18.2 Å². The summed E-state index contributed by atoms with van der Waals surface area (Å²) in [4.78, 5) is 3.65. The number of aromatic nitrogens is 1. The smallest absolute Gasteiger partial charge is 0.254 e. The van der Waals surface area contributed by atoms with Gasteiger partial charge in [-0.3, -0.25) is 0 Å². The van der Waals surface area contributed by atoms with Crippen molar-refractivity contribution < 1.29 is 10.2 Å². The van der Waals surface area contributed by atoms with Gasteiger partial charge >= 0.3 is 0 Å². The summed E-state index contributed by atoms with van der Waals surface area (Å²) < 4.78 is 0. The Kier molecular flexibility index (Phi) is 1.59. The third-order valence-corrected chi connectivity index (χ3v) is 2.08. The van der Waals surface area contributed by atoms with Crippen LogP contribution in [0.5, 0.6) is 11.6 Å². The van der Waals surface area contributed by atoms with Crippen LogP contribution < -0.4 is 0 Å². The molecule has 1 heterocycles. The fourth-order valence-electron chi connectivity index (χ4n) is 1.43. The number of nitrogens with zero attached hydrogens (tertiary/aromatic N) is 1. The van der Waals surface area contributed by atoms with E-state index in [1.807, 2.05) is 25.1 Å². The monoisotopic (exact) mass is 175 g/mol. The van der Waals surface area contributed by atoms with Gasteiger partial charge in [0.2, 0.25) is 0 Å². The topological polar surface area (TPSA) is 53.4 Å². The summed E-state index contributed by atoms with van der Waals surface area (Å²) in [7, 11) is 0. The van der Waals surface area contributed by atoms with E-state index >= 15 is 0 Å². The molecule has 2 rings (SSSR count). The normalized spacial score (nSPS) is 10.5. The molecule has 1 aromatic carbocycles. The van der Waals surface area contributed by atoms with Gasteiger partial charge in [0.25, 0.3) is 5.88 Å². The molecule has 0 saturated heterocycles. The molecular formula is C10H9NO2. The van der Waals surface area contributed by atoms with Crippen LogP contribution in [0.4, 0.5) is 0 Å². The zero-order chi connectivity index (χ0) is 9.42. The van der Waals surface area contributed by atoms with Crippen LogP contribution in [-0.2, 0) is 0 Å². The Hall–Kier alpha value is -1.77. The highest BCUT2D eigenvalue weighted by molar-refractivity contribution is 5.91. The van der Waals surface area contributed by atoms with Crippen LogP contribution in [0.2, 0.25) is 0 Å². The van der Waals surface area contributed by atoms with Crippen molar-refractivity contribution in [2.45, 2.75) is 6.92 Å².